The van der Waals surface area contributed by atoms with E-state index in [0.29, 0.717) is 24.7 Å². The Morgan fingerprint density at radius 2 is 1.93 bits per heavy atom. The second-order valence-electron chi connectivity index (χ2n) is 8.50. The van der Waals surface area contributed by atoms with E-state index < -0.39 is 0 Å². The fraction of sp³-hybridized carbons (Fsp3) is 0.619. The van der Waals surface area contributed by atoms with Gasteiger partial charge in [0.15, 0.2) is 5.65 Å². The van der Waals surface area contributed by atoms with Gasteiger partial charge in [0.05, 0.1) is 17.8 Å². The zero-order valence-corrected chi connectivity index (χ0v) is 16.8. The summed E-state index contributed by atoms with van der Waals surface area (Å²) in [5, 5.41) is 0. The number of fused-ring (bicyclic) bond motifs is 4. The quantitative estimate of drug-likeness (QED) is 0.773. The standard InChI is InChI=1S/C21H27N5O3/c1-24-17-4-2-3-14(20(24)27)11-25(12-17)21(28)15-9-18-19(22-10-15)26(13-23-18)16-5-7-29-8-6-16/h9-10,13-14,16-17H,2-8,11-12H2,1H3/t14-,17+/m1/s1. The lowest BCUT2D eigenvalue weighted by molar-refractivity contribution is -0.134. The van der Waals surface area contributed by atoms with Crippen LogP contribution in [0.25, 0.3) is 11.2 Å². The van der Waals surface area contributed by atoms with Crippen molar-refractivity contribution in [3.63, 3.8) is 0 Å². The van der Waals surface area contributed by atoms with Crippen molar-refractivity contribution in [1.82, 2.24) is 24.3 Å². The monoisotopic (exact) mass is 397 g/mol. The number of ether oxygens (including phenoxy) is 1. The molecule has 0 unspecified atom stereocenters. The van der Waals surface area contributed by atoms with E-state index in [1.54, 1.807) is 6.20 Å². The maximum absolute atomic E-state index is 13.3. The second kappa shape index (κ2) is 7.40. The van der Waals surface area contributed by atoms with Gasteiger partial charge < -0.3 is 19.1 Å². The molecule has 2 amide bonds. The number of pyridine rings is 1. The van der Waals surface area contributed by atoms with Crippen LogP contribution in [0.1, 0.15) is 48.5 Å². The number of likely N-dealkylation sites (tertiary alicyclic amines) is 1. The van der Waals surface area contributed by atoms with Crippen molar-refractivity contribution in [3.05, 3.63) is 24.2 Å². The van der Waals surface area contributed by atoms with Gasteiger partial charge in [0.25, 0.3) is 5.91 Å². The first-order valence-corrected chi connectivity index (χ1v) is 10.6. The second-order valence-corrected chi connectivity index (χ2v) is 8.50. The smallest absolute Gasteiger partial charge is 0.255 e. The molecule has 0 aromatic carbocycles. The van der Waals surface area contributed by atoms with Gasteiger partial charge in [-0.25, -0.2) is 9.97 Å². The molecular formula is C21H27N5O3. The summed E-state index contributed by atoms with van der Waals surface area (Å²) in [6, 6.07) is 2.28. The van der Waals surface area contributed by atoms with Crippen LogP contribution in [-0.2, 0) is 9.53 Å². The number of carbonyl (C=O) groups is 2. The highest BCUT2D eigenvalue weighted by Gasteiger charge is 2.38. The number of hydrogen-bond acceptors (Lipinski definition) is 5. The summed E-state index contributed by atoms with van der Waals surface area (Å²) in [6.45, 7) is 2.59. The van der Waals surface area contributed by atoms with E-state index in [9.17, 15) is 9.59 Å². The molecule has 8 heteroatoms. The summed E-state index contributed by atoms with van der Waals surface area (Å²) in [4.78, 5) is 38.7. The Bertz CT molecular complexity index is 936. The first-order chi connectivity index (χ1) is 14.1. The predicted octanol–water partition coefficient (Wildman–Crippen LogP) is 1.87. The number of imidazole rings is 1. The molecule has 2 aromatic rings. The summed E-state index contributed by atoms with van der Waals surface area (Å²) >= 11 is 0. The molecule has 5 heterocycles. The summed E-state index contributed by atoms with van der Waals surface area (Å²) in [5.74, 6) is 0.0208. The molecule has 3 aliphatic heterocycles. The third-order valence-corrected chi connectivity index (χ3v) is 6.74. The zero-order chi connectivity index (χ0) is 20.0. The fourth-order valence-electron chi connectivity index (χ4n) is 4.98. The molecule has 8 nitrogen and oxygen atoms in total. The van der Waals surface area contributed by atoms with E-state index in [1.807, 2.05) is 29.2 Å². The molecule has 0 N–H and O–H groups in total. The van der Waals surface area contributed by atoms with Crippen LogP contribution in [-0.4, -0.2) is 75.5 Å². The molecule has 3 saturated heterocycles. The van der Waals surface area contributed by atoms with Crippen LogP contribution >= 0.6 is 0 Å². The summed E-state index contributed by atoms with van der Waals surface area (Å²) in [5.41, 5.74) is 2.10. The predicted molar refractivity (Wildman–Crippen MR) is 106 cm³/mol. The van der Waals surface area contributed by atoms with Crippen LogP contribution < -0.4 is 0 Å². The Kier molecular flexibility index (Phi) is 4.73. The number of rotatable bonds is 2. The highest BCUT2D eigenvalue weighted by Crippen LogP contribution is 2.28. The molecule has 29 heavy (non-hydrogen) atoms. The van der Waals surface area contributed by atoms with Gasteiger partial charge in [0, 0.05) is 51.6 Å². The van der Waals surface area contributed by atoms with Crippen molar-refractivity contribution < 1.29 is 14.3 Å². The van der Waals surface area contributed by atoms with Crippen LogP contribution in [0.3, 0.4) is 0 Å². The number of aromatic nitrogens is 3. The van der Waals surface area contributed by atoms with E-state index in [1.165, 1.54) is 0 Å². The van der Waals surface area contributed by atoms with Gasteiger partial charge in [-0.15, -0.1) is 0 Å². The summed E-state index contributed by atoms with van der Waals surface area (Å²) < 4.78 is 7.56. The van der Waals surface area contributed by atoms with Crippen LogP contribution in [0.5, 0.6) is 0 Å². The topological polar surface area (TPSA) is 80.6 Å². The number of carbonyl (C=O) groups excluding carboxylic acids is 2. The van der Waals surface area contributed by atoms with Crippen molar-refractivity contribution >= 4 is 23.0 Å². The van der Waals surface area contributed by atoms with Crippen LogP contribution in [0, 0.1) is 5.92 Å². The van der Waals surface area contributed by atoms with Crippen molar-refractivity contribution in [2.45, 2.75) is 44.2 Å². The van der Waals surface area contributed by atoms with E-state index >= 15 is 0 Å². The van der Waals surface area contributed by atoms with Gasteiger partial charge in [-0.05, 0) is 31.7 Å². The minimum absolute atomic E-state index is 0.0555. The fourth-order valence-corrected chi connectivity index (χ4v) is 4.98. The molecule has 5 rings (SSSR count). The van der Waals surface area contributed by atoms with Crippen molar-refractivity contribution in [3.8, 4) is 0 Å². The first kappa shape index (κ1) is 18.5. The van der Waals surface area contributed by atoms with Crippen molar-refractivity contribution in [2.24, 2.45) is 5.92 Å². The molecule has 0 saturated carbocycles. The van der Waals surface area contributed by atoms with E-state index in [-0.39, 0.29) is 23.8 Å². The Hall–Kier alpha value is -2.48. The maximum atomic E-state index is 13.3. The lowest BCUT2D eigenvalue weighted by Crippen LogP contribution is -2.42. The van der Waals surface area contributed by atoms with Crippen LogP contribution in [0.4, 0.5) is 0 Å². The molecule has 2 bridgehead atoms. The minimum atomic E-state index is -0.0964. The Balaban J connectivity index is 1.40. The molecule has 0 aliphatic carbocycles. The third-order valence-electron chi connectivity index (χ3n) is 6.74. The summed E-state index contributed by atoms with van der Waals surface area (Å²) in [6.07, 6.45) is 8.24. The van der Waals surface area contributed by atoms with Gasteiger partial charge in [-0.3, -0.25) is 9.59 Å². The largest absolute Gasteiger partial charge is 0.381 e. The van der Waals surface area contributed by atoms with Crippen LogP contribution in [0.15, 0.2) is 18.6 Å². The van der Waals surface area contributed by atoms with Gasteiger partial charge in [0.2, 0.25) is 5.91 Å². The van der Waals surface area contributed by atoms with Crippen molar-refractivity contribution in [1.29, 1.82) is 0 Å². The average Bonchev–Trinajstić information content (AvgIpc) is 3.06. The first-order valence-electron chi connectivity index (χ1n) is 10.6. The molecule has 2 aromatic heterocycles. The number of hydrogen-bond donors (Lipinski definition) is 0. The number of likely N-dealkylation sites (N-methyl/N-ethyl adjacent to an activating group) is 1. The summed E-state index contributed by atoms with van der Waals surface area (Å²) in [7, 11) is 1.87. The van der Waals surface area contributed by atoms with E-state index in [0.717, 1.165) is 56.5 Å². The van der Waals surface area contributed by atoms with Gasteiger partial charge in [-0.1, -0.05) is 6.42 Å². The zero-order valence-electron chi connectivity index (χ0n) is 16.8. The van der Waals surface area contributed by atoms with E-state index in [4.69, 9.17) is 4.74 Å². The molecule has 3 aliphatic rings. The molecule has 3 fully saturated rings. The average molecular weight is 397 g/mol. The highest BCUT2D eigenvalue weighted by molar-refractivity contribution is 5.97. The van der Waals surface area contributed by atoms with E-state index in [2.05, 4.69) is 14.5 Å². The molecule has 154 valence electrons. The van der Waals surface area contributed by atoms with Gasteiger partial charge in [-0.2, -0.15) is 0 Å². The maximum Gasteiger partial charge on any atom is 0.255 e. The number of amides is 2. The van der Waals surface area contributed by atoms with Crippen molar-refractivity contribution in [2.75, 3.05) is 33.4 Å². The lowest BCUT2D eigenvalue weighted by atomic mass is 9.99. The molecular weight excluding hydrogens is 370 g/mol. The Morgan fingerprint density at radius 3 is 2.76 bits per heavy atom. The normalized spacial score (nSPS) is 26.0. The van der Waals surface area contributed by atoms with Crippen LogP contribution in [0.2, 0.25) is 0 Å². The van der Waals surface area contributed by atoms with Gasteiger partial charge in [0.1, 0.15) is 5.52 Å². The van der Waals surface area contributed by atoms with Gasteiger partial charge >= 0.3 is 0 Å². The SMILES string of the molecule is CN1C(=O)[C@@H]2CCC[C@H]1CN(C(=O)c1cnc3c(c1)ncn3C1CCOCC1)C2. The minimum Gasteiger partial charge on any atom is -0.381 e. The third kappa shape index (κ3) is 3.29. The highest BCUT2D eigenvalue weighted by atomic mass is 16.5. The Morgan fingerprint density at radius 1 is 1.10 bits per heavy atom. The Labute approximate surface area is 169 Å². The molecule has 2 atom stereocenters. The molecule has 0 spiro atoms. The molecule has 0 radical (unpaired) electrons. The lowest BCUT2D eigenvalue weighted by Gasteiger charge is -2.29. The number of nitrogens with zero attached hydrogens (tertiary/aromatic N) is 5.